The summed E-state index contributed by atoms with van der Waals surface area (Å²) < 4.78 is 82.4. The quantitative estimate of drug-likeness (QED) is 0.128. The van der Waals surface area contributed by atoms with Crippen LogP contribution in [0.5, 0.6) is 17.2 Å². The molecule has 282 valence electrons. The first kappa shape index (κ1) is 38.3. The van der Waals surface area contributed by atoms with Gasteiger partial charge in [-0.25, -0.2) is 13.2 Å². The van der Waals surface area contributed by atoms with Crippen molar-refractivity contribution in [3.63, 3.8) is 0 Å². The third-order valence-corrected chi connectivity index (χ3v) is 10.9. The number of carbonyl (C=O) groups excluding carboxylic acids is 1. The van der Waals surface area contributed by atoms with E-state index < -0.39 is 28.7 Å². The number of carbonyl (C=O) groups is 1. The predicted octanol–water partition coefficient (Wildman–Crippen LogP) is 6.81. The average molecular weight is 785 g/mol. The Hall–Kier alpha value is -3.43. The zero-order valence-electron chi connectivity index (χ0n) is 28.6. The van der Waals surface area contributed by atoms with E-state index in [0.29, 0.717) is 74.8 Å². The van der Waals surface area contributed by atoms with Gasteiger partial charge in [-0.1, -0.05) is 29.3 Å². The minimum absolute atomic E-state index is 0.0111. The Bertz CT molecular complexity index is 1800. The zero-order chi connectivity index (χ0) is 36.8. The summed E-state index contributed by atoms with van der Waals surface area (Å²) in [6.45, 7) is 0.717. The summed E-state index contributed by atoms with van der Waals surface area (Å²) >= 11 is 13.0. The number of esters is 1. The first-order chi connectivity index (χ1) is 24.9. The lowest BCUT2D eigenvalue weighted by atomic mass is 10.0. The van der Waals surface area contributed by atoms with Crippen LogP contribution in [0.25, 0.3) is 0 Å². The van der Waals surface area contributed by atoms with Crippen molar-refractivity contribution in [2.45, 2.75) is 44.8 Å². The van der Waals surface area contributed by atoms with Crippen molar-refractivity contribution in [3.8, 4) is 17.2 Å². The van der Waals surface area contributed by atoms with E-state index in [0.717, 1.165) is 31.9 Å². The molecule has 0 radical (unpaired) electrons. The van der Waals surface area contributed by atoms with Crippen molar-refractivity contribution < 1.29 is 45.7 Å². The molecule has 0 amide bonds. The van der Waals surface area contributed by atoms with Crippen molar-refractivity contribution in [1.82, 2.24) is 9.88 Å². The second kappa shape index (κ2) is 17.1. The van der Waals surface area contributed by atoms with Gasteiger partial charge in [0.2, 0.25) is 10.0 Å². The number of ether oxygens (including phenoxy) is 5. The van der Waals surface area contributed by atoms with Crippen LogP contribution >= 0.6 is 23.2 Å². The molecule has 52 heavy (non-hydrogen) atoms. The molecule has 3 aromatic rings. The van der Waals surface area contributed by atoms with Gasteiger partial charge in [-0.3, -0.25) is 14.2 Å². The maximum Gasteiger partial charge on any atom is 0.387 e. The Balaban J connectivity index is 1.33. The highest BCUT2D eigenvalue weighted by Crippen LogP contribution is 2.39. The van der Waals surface area contributed by atoms with Crippen molar-refractivity contribution >= 4 is 44.9 Å². The summed E-state index contributed by atoms with van der Waals surface area (Å²) in [5, 5.41) is 0.469. The second-order valence-corrected chi connectivity index (χ2v) is 16.0. The molecule has 1 aliphatic heterocycles. The van der Waals surface area contributed by atoms with Gasteiger partial charge >= 0.3 is 12.6 Å². The van der Waals surface area contributed by atoms with Gasteiger partial charge in [0.05, 0.1) is 54.0 Å². The Kier molecular flexibility index (Phi) is 12.6. The van der Waals surface area contributed by atoms with E-state index in [9.17, 15) is 22.0 Å². The van der Waals surface area contributed by atoms with Crippen LogP contribution in [0, 0.1) is 11.8 Å². The lowest BCUT2D eigenvalue weighted by Crippen LogP contribution is -2.43. The molecule has 3 aliphatic rings. The average Bonchev–Trinajstić information content (AvgIpc) is 4.04. The highest BCUT2D eigenvalue weighted by molar-refractivity contribution is 7.92. The van der Waals surface area contributed by atoms with Crippen molar-refractivity contribution in [2.24, 2.45) is 11.8 Å². The Labute approximate surface area is 312 Å². The van der Waals surface area contributed by atoms with Crippen LogP contribution in [0.4, 0.5) is 14.5 Å². The van der Waals surface area contributed by atoms with Crippen molar-refractivity contribution in [2.75, 3.05) is 63.2 Å². The van der Waals surface area contributed by atoms with Gasteiger partial charge in [0.1, 0.15) is 11.9 Å². The van der Waals surface area contributed by atoms with Gasteiger partial charge in [-0.2, -0.15) is 8.78 Å². The van der Waals surface area contributed by atoms with Crippen LogP contribution in [-0.4, -0.2) is 89.7 Å². The van der Waals surface area contributed by atoms with Crippen LogP contribution in [-0.2, 0) is 25.9 Å². The first-order valence-corrected chi connectivity index (χ1v) is 19.8. The smallest absolute Gasteiger partial charge is 0.387 e. The summed E-state index contributed by atoms with van der Waals surface area (Å²) in [7, 11) is -3.78. The van der Waals surface area contributed by atoms with Crippen LogP contribution in [0.15, 0.2) is 48.8 Å². The SMILES string of the molecule is CS(=O)(=O)N(CCN1CCOCC1)c1cc(OCC2CC2)cc(C(=O)O[C@@H](Cc2c(Cl)cncc2Cl)c2ccc(OC(F)F)c(OCC3CC3)c2)c1. The molecule has 2 saturated carbocycles. The summed E-state index contributed by atoms with van der Waals surface area (Å²) in [5.74, 6) is 0.137. The number of anilines is 1. The Morgan fingerprint density at radius 1 is 0.981 bits per heavy atom. The molecule has 1 aromatic heterocycles. The molecule has 2 aliphatic carbocycles. The van der Waals surface area contributed by atoms with E-state index in [1.54, 1.807) is 6.07 Å². The third kappa shape index (κ3) is 10.8. The van der Waals surface area contributed by atoms with Gasteiger partial charge < -0.3 is 23.7 Å². The highest BCUT2D eigenvalue weighted by Gasteiger charge is 2.29. The molecule has 0 spiro atoms. The lowest BCUT2D eigenvalue weighted by Gasteiger charge is -2.30. The van der Waals surface area contributed by atoms with Crippen LogP contribution in [0.2, 0.25) is 10.0 Å². The normalized spacial score (nSPS) is 17.1. The van der Waals surface area contributed by atoms with Gasteiger partial charge in [0.15, 0.2) is 11.5 Å². The molecule has 11 nitrogen and oxygen atoms in total. The fourth-order valence-electron chi connectivity index (χ4n) is 5.74. The molecule has 2 aromatic carbocycles. The van der Waals surface area contributed by atoms with Crippen LogP contribution < -0.4 is 18.5 Å². The predicted molar refractivity (Wildman–Crippen MR) is 192 cm³/mol. The van der Waals surface area contributed by atoms with E-state index in [1.807, 2.05) is 0 Å². The highest BCUT2D eigenvalue weighted by atomic mass is 35.5. The Morgan fingerprint density at radius 3 is 2.29 bits per heavy atom. The fraction of sp³-hybridized carbons (Fsp3) is 0.500. The summed E-state index contributed by atoms with van der Waals surface area (Å²) in [6.07, 6.45) is 6.87. The molecule has 0 unspecified atom stereocenters. The summed E-state index contributed by atoms with van der Waals surface area (Å²) in [5.41, 5.74) is 1.13. The number of hydrogen-bond donors (Lipinski definition) is 0. The minimum Gasteiger partial charge on any atom is -0.493 e. The minimum atomic E-state index is -3.78. The number of alkyl halides is 2. The number of benzene rings is 2. The van der Waals surface area contributed by atoms with E-state index in [1.165, 1.54) is 47.0 Å². The maximum absolute atomic E-state index is 14.1. The largest absolute Gasteiger partial charge is 0.493 e. The molecule has 6 rings (SSSR count). The monoisotopic (exact) mass is 783 g/mol. The summed E-state index contributed by atoms with van der Waals surface area (Å²) in [4.78, 5) is 20.3. The molecule has 2 heterocycles. The molecule has 16 heteroatoms. The number of nitrogens with zero attached hydrogens (tertiary/aromatic N) is 3. The molecule has 3 fully saturated rings. The van der Waals surface area contributed by atoms with Gasteiger partial charge in [0.25, 0.3) is 0 Å². The summed E-state index contributed by atoms with van der Waals surface area (Å²) in [6, 6.07) is 8.92. The fourth-order valence-corrected chi connectivity index (χ4v) is 7.16. The number of aromatic nitrogens is 1. The van der Waals surface area contributed by atoms with E-state index in [-0.39, 0.29) is 45.8 Å². The topological polar surface area (TPSA) is 117 Å². The Morgan fingerprint density at radius 2 is 1.65 bits per heavy atom. The van der Waals surface area contributed by atoms with Crippen LogP contribution in [0.3, 0.4) is 0 Å². The van der Waals surface area contributed by atoms with E-state index >= 15 is 0 Å². The number of sulfonamides is 1. The molecule has 1 atom stereocenters. The van der Waals surface area contributed by atoms with Crippen LogP contribution in [0.1, 0.15) is 53.3 Å². The number of rotatable bonds is 18. The van der Waals surface area contributed by atoms with E-state index in [2.05, 4.69) is 9.88 Å². The maximum atomic E-state index is 14.1. The lowest BCUT2D eigenvalue weighted by molar-refractivity contribution is -0.0515. The number of hydrogen-bond acceptors (Lipinski definition) is 10. The van der Waals surface area contributed by atoms with Crippen molar-refractivity contribution in [3.05, 3.63) is 75.5 Å². The zero-order valence-corrected chi connectivity index (χ0v) is 31.0. The van der Waals surface area contributed by atoms with E-state index in [4.69, 9.17) is 46.9 Å². The number of morpholine rings is 1. The van der Waals surface area contributed by atoms with Crippen molar-refractivity contribution in [1.29, 1.82) is 0 Å². The first-order valence-electron chi connectivity index (χ1n) is 17.2. The number of pyridine rings is 1. The molecule has 1 saturated heterocycles. The standard InChI is InChI=1S/C36H41Cl2F2N3O8S/c1-52(45,46)43(9-8-42-10-12-47-13-11-42)27-14-26(15-28(17-27)48-21-23-2-3-23)35(44)50-33(18-29-30(37)19-41-20-31(29)38)25-6-7-32(51-36(39)40)34(16-25)49-22-24-4-5-24/h6-7,14-17,19-20,23-24,33,36H,2-5,8-13,18,21-22H2,1H3/t33-/m0/s1. The van der Waals surface area contributed by atoms with Gasteiger partial charge in [-0.05, 0) is 72.9 Å². The second-order valence-electron chi connectivity index (χ2n) is 13.3. The molecule has 0 bridgehead atoms. The van der Waals surface area contributed by atoms with Gasteiger partial charge in [0, 0.05) is 51.1 Å². The molecular weight excluding hydrogens is 743 g/mol. The van der Waals surface area contributed by atoms with Gasteiger partial charge in [-0.15, -0.1) is 0 Å². The molecule has 0 N–H and O–H groups in total. The third-order valence-electron chi connectivity index (χ3n) is 9.04. The molecular formula is C36H41Cl2F2N3O8S. The number of halogens is 4.